The Balaban J connectivity index is 1.93. The molecule has 0 heterocycles. The topological polar surface area (TPSA) is 67.4 Å². The molecule has 0 aromatic heterocycles. The summed E-state index contributed by atoms with van der Waals surface area (Å²) < 4.78 is 4.96. The lowest BCUT2D eigenvalue weighted by atomic mass is 9.94. The van der Waals surface area contributed by atoms with Crippen LogP contribution in [-0.4, -0.2) is 32.1 Å². The molecule has 2 rings (SSSR count). The molecule has 1 saturated carbocycles. The van der Waals surface area contributed by atoms with E-state index in [-0.39, 0.29) is 11.8 Å². The van der Waals surface area contributed by atoms with E-state index in [1.54, 1.807) is 7.11 Å². The summed E-state index contributed by atoms with van der Waals surface area (Å²) in [6.07, 6.45) is 4.19. The largest absolute Gasteiger partial charge is 0.383 e. The third kappa shape index (κ3) is 4.55. The monoisotopic (exact) mass is 318 g/mol. The molecule has 0 unspecified atom stereocenters. The molecule has 1 fully saturated rings. The lowest BCUT2D eigenvalue weighted by molar-refractivity contribution is -0.123. The van der Waals surface area contributed by atoms with Crippen LogP contribution in [0.25, 0.3) is 0 Å². The summed E-state index contributed by atoms with van der Waals surface area (Å²) in [6, 6.07) is 7.64. The second kappa shape index (κ2) is 8.11. The first-order valence-corrected chi connectivity index (χ1v) is 8.30. The number of rotatable bonds is 9. The first kappa shape index (κ1) is 17.5. The maximum atomic E-state index is 12.3. The van der Waals surface area contributed by atoms with Crippen LogP contribution in [0.15, 0.2) is 24.3 Å². The Bertz CT molecular complexity index is 536. The average molecular weight is 318 g/mol. The van der Waals surface area contributed by atoms with Crippen LogP contribution in [0.3, 0.4) is 0 Å². The van der Waals surface area contributed by atoms with Crippen molar-refractivity contribution in [1.29, 1.82) is 0 Å². The fourth-order valence-electron chi connectivity index (χ4n) is 2.64. The number of methoxy groups -OCH3 is 1. The zero-order chi connectivity index (χ0) is 16.7. The van der Waals surface area contributed by atoms with Gasteiger partial charge < -0.3 is 15.4 Å². The number of unbranched alkanes of at least 4 members (excludes halogenated alkanes) is 1. The third-order valence-electron chi connectivity index (χ3n) is 4.26. The van der Waals surface area contributed by atoms with E-state index >= 15 is 0 Å². The van der Waals surface area contributed by atoms with Crippen molar-refractivity contribution in [2.45, 2.75) is 44.4 Å². The molecule has 126 valence electrons. The Morgan fingerprint density at radius 1 is 1.22 bits per heavy atom. The van der Waals surface area contributed by atoms with Crippen LogP contribution >= 0.6 is 0 Å². The van der Waals surface area contributed by atoms with Gasteiger partial charge in [-0.3, -0.25) is 9.59 Å². The number of anilines is 1. The number of benzene rings is 1. The first-order valence-electron chi connectivity index (χ1n) is 8.30. The van der Waals surface area contributed by atoms with Crippen LogP contribution in [0.5, 0.6) is 0 Å². The maximum Gasteiger partial charge on any atom is 0.230 e. The Morgan fingerprint density at radius 3 is 2.48 bits per heavy atom. The molecule has 0 spiro atoms. The SMILES string of the molecule is CCCCC(=O)Nc1ccc(C2(C(=O)NCCOC)CC2)cc1. The number of nitrogens with one attached hydrogen (secondary N) is 2. The fraction of sp³-hybridized carbons (Fsp3) is 0.556. The zero-order valence-electron chi connectivity index (χ0n) is 14.0. The highest BCUT2D eigenvalue weighted by atomic mass is 16.5. The van der Waals surface area contributed by atoms with E-state index < -0.39 is 5.41 Å². The van der Waals surface area contributed by atoms with Gasteiger partial charge in [0.2, 0.25) is 11.8 Å². The summed E-state index contributed by atoms with van der Waals surface area (Å²) >= 11 is 0. The quantitative estimate of drug-likeness (QED) is 0.688. The number of ether oxygens (including phenoxy) is 1. The minimum absolute atomic E-state index is 0.0399. The van der Waals surface area contributed by atoms with Gasteiger partial charge in [-0.05, 0) is 37.0 Å². The minimum Gasteiger partial charge on any atom is -0.383 e. The van der Waals surface area contributed by atoms with Crippen molar-refractivity contribution in [1.82, 2.24) is 5.32 Å². The predicted octanol–water partition coefficient (Wildman–Crippen LogP) is 2.61. The van der Waals surface area contributed by atoms with E-state index in [0.717, 1.165) is 36.9 Å². The van der Waals surface area contributed by atoms with Gasteiger partial charge in [0, 0.05) is 25.8 Å². The highest BCUT2D eigenvalue weighted by Gasteiger charge is 2.50. The lowest BCUT2D eigenvalue weighted by Crippen LogP contribution is -2.36. The van der Waals surface area contributed by atoms with E-state index in [2.05, 4.69) is 17.6 Å². The van der Waals surface area contributed by atoms with Crippen LogP contribution in [0.1, 0.15) is 44.6 Å². The van der Waals surface area contributed by atoms with Crippen LogP contribution in [-0.2, 0) is 19.7 Å². The zero-order valence-corrected chi connectivity index (χ0v) is 14.0. The van der Waals surface area contributed by atoms with Crippen LogP contribution < -0.4 is 10.6 Å². The smallest absolute Gasteiger partial charge is 0.230 e. The van der Waals surface area contributed by atoms with Crippen LogP contribution in [0, 0.1) is 0 Å². The van der Waals surface area contributed by atoms with Gasteiger partial charge in [-0.15, -0.1) is 0 Å². The van der Waals surface area contributed by atoms with Crippen molar-refractivity contribution in [3.8, 4) is 0 Å². The molecule has 1 aliphatic rings. The number of hydrogen-bond acceptors (Lipinski definition) is 3. The summed E-state index contributed by atoms with van der Waals surface area (Å²) in [5, 5.41) is 5.81. The van der Waals surface area contributed by atoms with Crippen molar-refractivity contribution in [3.05, 3.63) is 29.8 Å². The molecule has 2 amide bonds. The van der Waals surface area contributed by atoms with E-state index in [1.807, 2.05) is 24.3 Å². The second-order valence-electron chi connectivity index (χ2n) is 6.06. The van der Waals surface area contributed by atoms with Crippen LogP contribution in [0.2, 0.25) is 0 Å². The molecule has 0 bridgehead atoms. The van der Waals surface area contributed by atoms with Crippen LogP contribution in [0.4, 0.5) is 5.69 Å². The lowest BCUT2D eigenvalue weighted by Gasteiger charge is -2.16. The fourth-order valence-corrected chi connectivity index (χ4v) is 2.64. The summed E-state index contributed by atoms with van der Waals surface area (Å²) in [4.78, 5) is 24.1. The van der Waals surface area contributed by atoms with Gasteiger partial charge in [-0.2, -0.15) is 0 Å². The molecule has 5 heteroatoms. The Labute approximate surface area is 137 Å². The molecule has 0 radical (unpaired) electrons. The van der Waals surface area contributed by atoms with Crippen molar-refractivity contribution in [2.24, 2.45) is 0 Å². The van der Waals surface area contributed by atoms with E-state index in [4.69, 9.17) is 4.74 Å². The Hall–Kier alpha value is -1.88. The number of hydrogen-bond donors (Lipinski definition) is 2. The third-order valence-corrected chi connectivity index (χ3v) is 4.26. The summed E-state index contributed by atoms with van der Waals surface area (Å²) in [5.41, 5.74) is 1.41. The second-order valence-corrected chi connectivity index (χ2v) is 6.06. The molecular formula is C18H26N2O3. The molecule has 1 aromatic carbocycles. The van der Waals surface area contributed by atoms with Crippen molar-refractivity contribution < 1.29 is 14.3 Å². The number of carbonyl (C=O) groups is 2. The van der Waals surface area contributed by atoms with Gasteiger partial charge in [0.15, 0.2) is 0 Å². The molecule has 23 heavy (non-hydrogen) atoms. The Morgan fingerprint density at radius 2 is 1.91 bits per heavy atom. The summed E-state index contributed by atoms with van der Waals surface area (Å²) in [5.74, 6) is 0.104. The Kier molecular flexibility index (Phi) is 6.16. The first-order chi connectivity index (χ1) is 11.1. The van der Waals surface area contributed by atoms with Crippen molar-refractivity contribution >= 4 is 17.5 Å². The van der Waals surface area contributed by atoms with Gasteiger partial charge in [0.1, 0.15) is 0 Å². The summed E-state index contributed by atoms with van der Waals surface area (Å²) in [7, 11) is 1.62. The molecule has 0 atom stereocenters. The predicted molar refractivity (Wildman–Crippen MR) is 90.4 cm³/mol. The highest BCUT2D eigenvalue weighted by Crippen LogP contribution is 2.48. The molecule has 5 nitrogen and oxygen atoms in total. The van der Waals surface area contributed by atoms with Crippen molar-refractivity contribution in [2.75, 3.05) is 25.6 Å². The van der Waals surface area contributed by atoms with Crippen molar-refractivity contribution in [3.63, 3.8) is 0 Å². The standard InChI is InChI=1S/C18H26N2O3/c1-3-4-5-16(21)20-15-8-6-14(7-9-15)18(10-11-18)17(22)19-12-13-23-2/h6-9H,3-5,10-13H2,1-2H3,(H,19,22)(H,20,21). The van der Waals surface area contributed by atoms with Gasteiger partial charge in [0.25, 0.3) is 0 Å². The highest BCUT2D eigenvalue weighted by molar-refractivity contribution is 5.92. The number of amides is 2. The molecule has 1 aromatic rings. The molecule has 1 aliphatic carbocycles. The van der Waals surface area contributed by atoms with Gasteiger partial charge in [0.05, 0.1) is 12.0 Å². The van der Waals surface area contributed by atoms with E-state index in [1.165, 1.54) is 0 Å². The summed E-state index contributed by atoms with van der Waals surface area (Å²) in [6.45, 7) is 3.11. The molecule has 2 N–H and O–H groups in total. The van der Waals surface area contributed by atoms with Gasteiger partial charge >= 0.3 is 0 Å². The van der Waals surface area contributed by atoms with E-state index in [9.17, 15) is 9.59 Å². The minimum atomic E-state index is -0.390. The van der Waals surface area contributed by atoms with E-state index in [0.29, 0.717) is 19.6 Å². The molecule has 0 saturated heterocycles. The maximum absolute atomic E-state index is 12.3. The van der Waals surface area contributed by atoms with Gasteiger partial charge in [-0.1, -0.05) is 25.5 Å². The molecule has 0 aliphatic heterocycles. The normalized spacial score (nSPS) is 15.0. The molecular weight excluding hydrogens is 292 g/mol. The average Bonchev–Trinajstić information content (AvgIpc) is 3.35. The number of carbonyl (C=O) groups excluding carboxylic acids is 2. The van der Waals surface area contributed by atoms with Gasteiger partial charge in [-0.25, -0.2) is 0 Å².